The second-order valence-electron chi connectivity index (χ2n) is 0.757. The van der Waals surface area contributed by atoms with Crippen molar-refractivity contribution in [2.75, 3.05) is 7.05 Å². The molecule has 1 unspecified atom stereocenters. The van der Waals surface area contributed by atoms with Gasteiger partial charge in [0.15, 0.2) is 9.39 Å². The second kappa shape index (κ2) is 1.42. The highest BCUT2D eigenvalue weighted by molar-refractivity contribution is 7.08. The van der Waals surface area contributed by atoms with Crippen LogP contribution in [0.25, 0.3) is 0 Å². The molecule has 0 aromatic rings. The molecular weight excluding hydrogens is 69.0 g/mol. The predicted molar refractivity (Wildman–Crippen MR) is 23.0 cm³/mol. The average Bonchev–Trinajstić information content (AvgIpc) is 0.811. The van der Waals surface area contributed by atoms with E-state index in [2.05, 4.69) is 16.1 Å². The fourth-order valence-corrected chi connectivity index (χ4v) is 0. The predicted octanol–water partition coefficient (Wildman–Crippen LogP) is 0.119. The van der Waals surface area contributed by atoms with Gasteiger partial charge in [-0.05, 0) is 0 Å². The van der Waals surface area contributed by atoms with E-state index < -0.39 is 0 Å². The van der Waals surface area contributed by atoms with Gasteiger partial charge in [-0.25, -0.2) is 4.35 Å². The molecule has 0 aliphatic rings. The molecule has 0 aliphatic carbocycles. The van der Waals surface area contributed by atoms with Crippen molar-refractivity contribution in [2.24, 2.45) is 0 Å². The maximum atomic E-state index is 3.44. The summed E-state index contributed by atoms with van der Waals surface area (Å²) in [5.41, 5.74) is 0. The van der Waals surface area contributed by atoms with E-state index >= 15 is 0 Å². The summed E-state index contributed by atoms with van der Waals surface area (Å²) in [7, 11) is 4.23. The summed E-state index contributed by atoms with van der Waals surface area (Å²) in [4.78, 5) is 0. The maximum Gasteiger partial charge on any atom is 0.151 e. The maximum absolute atomic E-state index is 3.44. The highest BCUT2D eigenvalue weighted by Crippen LogP contribution is 1.68. The Morgan fingerprint density at radius 1 is 2.00 bits per heavy atom. The SMILES string of the molecule is C=[N+](C)P. The normalized spacial score (nSPS) is 6.50. The smallest absolute Gasteiger partial charge is 0.151 e. The average molecular weight is 76.1 g/mol. The van der Waals surface area contributed by atoms with Gasteiger partial charge in [0, 0.05) is 0 Å². The molecule has 0 bridgehead atoms. The van der Waals surface area contributed by atoms with Gasteiger partial charge < -0.3 is 0 Å². The van der Waals surface area contributed by atoms with E-state index in [0.717, 1.165) is 0 Å². The summed E-state index contributed by atoms with van der Waals surface area (Å²) in [6.45, 7) is 3.44. The van der Waals surface area contributed by atoms with E-state index in [1.54, 1.807) is 4.35 Å². The van der Waals surface area contributed by atoms with E-state index in [-0.39, 0.29) is 0 Å². The standard InChI is InChI=1S/C2H7NP/c1-3(2)4/h1,4H2,2H3/q+1. The molecule has 4 heavy (non-hydrogen) atoms. The van der Waals surface area contributed by atoms with Gasteiger partial charge in [-0.3, -0.25) is 0 Å². The van der Waals surface area contributed by atoms with Crippen LogP contribution in [0.4, 0.5) is 0 Å². The van der Waals surface area contributed by atoms with E-state index in [9.17, 15) is 0 Å². The van der Waals surface area contributed by atoms with Crippen LogP contribution in [-0.4, -0.2) is 18.1 Å². The zero-order valence-electron chi connectivity index (χ0n) is 2.73. The topological polar surface area (TPSA) is 3.01 Å². The molecule has 0 aromatic carbocycles. The zero-order valence-corrected chi connectivity index (χ0v) is 3.89. The molecule has 0 aromatic heterocycles. The molecule has 0 spiro atoms. The summed E-state index contributed by atoms with van der Waals surface area (Å²) in [5, 5.41) is 0. The Morgan fingerprint density at radius 2 is 2.00 bits per heavy atom. The van der Waals surface area contributed by atoms with Crippen LogP contribution in [0.15, 0.2) is 0 Å². The van der Waals surface area contributed by atoms with Gasteiger partial charge in [0.2, 0.25) is 0 Å². The minimum Gasteiger partial charge on any atom is -0.235 e. The van der Waals surface area contributed by atoms with E-state index in [0.29, 0.717) is 0 Å². The van der Waals surface area contributed by atoms with Gasteiger partial charge in [0.1, 0.15) is 13.8 Å². The summed E-state index contributed by atoms with van der Waals surface area (Å²) in [6.07, 6.45) is 0. The molecule has 0 N–H and O–H groups in total. The molecule has 0 amide bonds. The van der Waals surface area contributed by atoms with Crippen molar-refractivity contribution in [2.45, 2.75) is 0 Å². The molecule has 0 saturated carbocycles. The van der Waals surface area contributed by atoms with Crippen LogP contribution in [0.1, 0.15) is 0 Å². The van der Waals surface area contributed by atoms with Crippen molar-refractivity contribution in [3.8, 4) is 0 Å². The Morgan fingerprint density at radius 3 is 2.00 bits per heavy atom. The summed E-state index contributed by atoms with van der Waals surface area (Å²) >= 11 is 0. The van der Waals surface area contributed by atoms with Crippen molar-refractivity contribution in [1.29, 1.82) is 0 Å². The Bertz CT molecular complexity index is 29.0. The number of hydrogen-bond donors (Lipinski definition) is 0. The minimum atomic E-state index is 1.67. The first-order chi connectivity index (χ1) is 1.73. The van der Waals surface area contributed by atoms with Gasteiger partial charge in [0.25, 0.3) is 0 Å². The lowest BCUT2D eigenvalue weighted by Gasteiger charge is -1.64. The molecule has 0 radical (unpaired) electrons. The van der Waals surface area contributed by atoms with Crippen LogP contribution in [0.5, 0.6) is 0 Å². The van der Waals surface area contributed by atoms with E-state index in [1.807, 2.05) is 7.05 Å². The van der Waals surface area contributed by atoms with Crippen LogP contribution in [0.3, 0.4) is 0 Å². The minimum absolute atomic E-state index is 1.67. The van der Waals surface area contributed by atoms with E-state index in [4.69, 9.17) is 0 Å². The first kappa shape index (κ1) is 4.10. The molecular formula is C2H7NP+. The van der Waals surface area contributed by atoms with Crippen LogP contribution >= 0.6 is 9.39 Å². The molecule has 0 fully saturated rings. The Labute approximate surface area is 28.6 Å². The first-order valence-electron chi connectivity index (χ1n) is 1.02. The van der Waals surface area contributed by atoms with Crippen LogP contribution in [0.2, 0.25) is 0 Å². The molecule has 0 heterocycles. The third-order valence-electron chi connectivity index (χ3n) is 0. The van der Waals surface area contributed by atoms with E-state index in [1.165, 1.54) is 0 Å². The van der Waals surface area contributed by atoms with Gasteiger partial charge in [-0.2, -0.15) is 0 Å². The molecule has 1 atom stereocenters. The molecule has 2 heteroatoms. The second-order valence-corrected chi connectivity index (χ2v) is 1.64. The van der Waals surface area contributed by atoms with Gasteiger partial charge >= 0.3 is 0 Å². The summed E-state index contributed by atoms with van der Waals surface area (Å²) < 4.78 is 1.67. The van der Waals surface area contributed by atoms with Crippen molar-refractivity contribution in [1.82, 2.24) is 0 Å². The van der Waals surface area contributed by atoms with Crippen molar-refractivity contribution in [3.05, 3.63) is 0 Å². The zero-order chi connectivity index (χ0) is 3.58. The van der Waals surface area contributed by atoms with Crippen molar-refractivity contribution in [3.63, 3.8) is 0 Å². The van der Waals surface area contributed by atoms with Crippen LogP contribution in [0, 0.1) is 0 Å². The lowest BCUT2D eigenvalue weighted by Crippen LogP contribution is -1.73. The van der Waals surface area contributed by atoms with Crippen LogP contribution < -0.4 is 0 Å². The fraction of sp³-hybridized carbons (Fsp3) is 0.500. The van der Waals surface area contributed by atoms with Gasteiger partial charge in [-0.15, -0.1) is 0 Å². The highest BCUT2D eigenvalue weighted by atomic mass is 31.0. The van der Waals surface area contributed by atoms with Gasteiger partial charge in [0.05, 0.1) is 0 Å². The van der Waals surface area contributed by atoms with Gasteiger partial charge in [-0.1, -0.05) is 0 Å². The number of hydrogen-bond acceptors (Lipinski definition) is 0. The quantitative estimate of drug-likeness (QED) is 0.285. The molecule has 0 saturated heterocycles. The van der Waals surface area contributed by atoms with Crippen molar-refractivity contribution >= 4 is 16.1 Å². The summed E-state index contributed by atoms with van der Waals surface area (Å²) in [5.74, 6) is 0. The fourth-order valence-electron chi connectivity index (χ4n) is 0. The third kappa shape index (κ3) is 254. The molecule has 0 aliphatic heterocycles. The molecule has 1 nitrogen and oxygen atoms in total. The first-order valence-corrected chi connectivity index (χ1v) is 1.54. The lowest BCUT2D eigenvalue weighted by atomic mass is 11.4. The Hall–Kier alpha value is 0.100. The Kier molecular flexibility index (Phi) is 1.46. The molecule has 24 valence electrons. The lowest BCUT2D eigenvalue weighted by molar-refractivity contribution is -0.300. The van der Waals surface area contributed by atoms with Crippen molar-refractivity contribution < 1.29 is 4.35 Å². The Balaban J connectivity index is 2.80. The highest BCUT2D eigenvalue weighted by Gasteiger charge is 1.55. The largest absolute Gasteiger partial charge is 0.235 e. The monoisotopic (exact) mass is 76.0 g/mol. The third-order valence-corrected chi connectivity index (χ3v) is 0. The molecule has 0 rings (SSSR count). The summed E-state index contributed by atoms with van der Waals surface area (Å²) in [6, 6.07) is 0. The number of nitrogens with zero attached hydrogens (tertiary/aromatic N) is 1. The number of rotatable bonds is 0. The van der Waals surface area contributed by atoms with Crippen LogP contribution in [-0.2, 0) is 0 Å².